The second kappa shape index (κ2) is 5.36. The van der Waals surface area contributed by atoms with Gasteiger partial charge in [0, 0.05) is 29.9 Å². The van der Waals surface area contributed by atoms with Crippen LogP contribution < -0.4 is 0 Å². The Morgan fingerprint density at radius 1 is 1.28 bits per heavy atom. The number of ether oxygens (including phenoxy) is 1. The van der Waals surface area contributed by atoms with E-state index < -0.39 is 6.10 Å². The molecule has 1 aromatic carbocycles. The Bertz CT molecular complexity index is 519. The predicted molar refractivity (Wildman–Crippen MR) is 74.0 cm³/mol. The van der Waals surface area contributed by atoms with E-state index in [4.69, 9.17) is 4.74 Å². The molecule has 1 saturated heterocycles. The smallest absolute Gasteiger partial charge is 0.0930 e. The highest BCUT2D eigenvalue weighted by Crippen LogP contribution is 2.30. The van der Waals surface area contributed by atoms with Crippen LogP contribution in [0.5, 0.6) is 0 Å². The van der Waals surface area contributed by atoms with Gasteiger partial charge in [0.2, 0.25) is 0 Å². The molecule has 96 valence electrons. The molecule has 0 bridgehead atoms. The summed E-state index contributed by atoms with van der Waals surface area (Å²) in [4.78, 5) is 2.26. The Morgan fingerprint density at radius 3 is 2.89 bits per heavy atom. The summed E-state index contributed by atoms with van der Waals surface area (Å²) >= 11 is 1.70. The van der Waals surface area contributed by atoms with Crippen LogP contribution >= 0.6 is 11.3 Å². The zero-order valence-corrected chi connectivity index (χ0v) is 11.0. The fraction of sp³-hybridized carbons (Fsp3) is 0.429. The monoisotopic (exact) mass is 263 g/mol. The van der Waals surface area contributed by atoms with Crippen LogP contribution in [0.3, 0.4) is 0 Å². The molecule has 1 aromatic heterocycles. The Kier molecular flexibility index (Phi) is 3.61. The fourth-order valence-corrected chi connectivity index (χ4v) is 3.39. The Balaban J connectivity index is 1.76. The lowest BCUT2D eigenvalue weighted by Crippen LogP contribution is -2.38. The minimum Gasteiger partial charge on any atom is -0.387 e. The lowest BCUT2D eigenvalue weighted by Gasteiger charge is -2.28. The number of aliphatic hydroxyl groups excluding tert-OH is 1. The highest BCUT2D eigenvalue weighted by atomic mass is 32.1. The van der Waals surface area contributed by atoms with Gasteiger partial charge in [0.05, 0.1) is 19.3 Å². The summed E-state index contributed by atoms with van der Waals surface area (Å²) in [7, 11) is 0. The van der Waals surface area contributed by atoms with Gasteiger partial charge in [-0.25, -0.2) is 0 Å². The van der Waals surface area contributed by atoms with Crippen LogP contribution in [-0.4, -0.2) is 42.9 Å². The molecule has 2 heterocycles. The van der Waals surface area contributed by atoms with E-state index in [9.17, 15) is 5.11 Å². The molecule has 3 nitrogen and oxygen atoms in total. The van der Waals surface area contributed by atoms with E-state index >= 15 is 0 Å². The summed E-state index contributed by atoms with van der Waals surface area (Å²) < 4.78 is 6.56. The van der Waals surface area contributed by atoms with Gasteiger partial charge in [0.1, 0.15) is 0 Å². The van der Waals surface area contributed by atoms with Gasteiger partial charge in [-0.3, -0.25) is 4.90 Å². The minimum absolute atomic E-state index is 0.403. The molecule has 18 heavy (non-hydrogen) atoms. The van der Waals surface area contributed by atoms with Gasteiger partial charge in [0.25, 0.3) is 0 Å². The summed E-state index contributed by atoms with van der Waals surface area (Å²) in [5.41, 5.74) is 1.06. The SMILES string of the molecule is O[C@@H](CN1CCOCC1)c1csc2ccccc12. The van der Waals surface area contributed by atoms with Crippen molar-refractivity contribution in [3.63, 3.8) is 0 Å². The molecule has 0 radical (unpaired) electrons. The zero-order chi connectivity index (χ0) is 12.4. The number of hydrogen-bond acceptors (Lipinski definition) is 4. The molecule has 0 amide bonds. The van der Waals surface area contributed by atoms with Crippen molar-refractivity contribution in [1.29, 1.82) is 0 Å². The van der Waals surface area contributed by atoms with E-state index in [1.54, 1.807) is 11.3 Å². The lowest BCUT2D eigenvalue weighted by atomic mass is 10.1. The molecular weight excluding hydrogens is 246 g/mol. The summed E-state index contributed by atoms with van der Waals surface area (Å²) in [6.45, 7) is 4.08. The normalized spacial score (nSPS) is 19.2. The molecule has 0 unspecified atom stereocenters. The van der Waals surface area contributed by atoms with Crippen LogP contribution in [0.25, 0.3) is 10.1 Å². The number of morpholine rings is 1. The van der Waals surface area contributed by atoms with Crippen molar-refractivity contribution in [3.8, 4) is 0 Å². The second-order valence-electron chi connectivity index (χ2n) is 4.62. The number of benzene rings is 1. The van der Waals surface area contributed by atoms with E-state index in [-0.39, 0.29) is 0 Å². The van der Waals surface area contributed by atoms with Crippen LogP contribution in [0.1, 0.15) is 11.7 Å². The first kappa shape index (κ1) is 12.1. The number of β-amino-alcohol motifs (C(OH)–C–C–N with tert-alkyl or cyclic N) is 1. The first-order valence-electron chi connectivity index (χ1n) is 6.29. The van der Waals surface area contributed by atoms with Gasteiger partial charge in [-0.05, 0) is 16.8 Å². The van der Waals surface area contributed by atoms with Gasteiger partial charge in [-0.15, -0.1) is 11.3 Å². The molecule has 4 heteroatoms. The van der Waals surface area contributed by atoms with Gasteiger partial charge < -0.3 is 9.84 Å². The molecule has 1 aliphatic rings. The Labute approximate surface area is 111 Å². The number of aliphatic hydroxyl groups is 1. The van der Waals surface area contributed by atoms with Crippen LogP contribution in [0, 0.1) is 0 Å². The molecule has 0 saturated carbocycles. The van der Waals surface area contributed by atoms with Crippen LogP contribution in [0.2, 0.25) is 0 Å². The zero-order valence-electron chi connectivity index (χ0n) is 10.2. The molecule has 1 aliphatic heterocycles. The first-order valence-corrected chi connectivity index (χ1v) is 7.17. The number of thiophene rings is 1. The molecule has 1 N–H and O–H groups in total. The maximum Gasteiger partial charge on any atom is 0.0930 e. The van der Waals surface area contributed by atoms with Gasteiger partial charge in [-0.2, -0.15) is 0 Å². The van der Waals surface area contributed by atoms with Crippen molar-refractivity contribution in [3.05, 3.63) is 35.2 Å². The van der Waals surface area contributed by atoms with Crippen molar-refractivity contribution < 1.29 is 9.84 Å². The Hall–Kier alpha value is -0.940. The van der Waals surface area contributed by atoms with E-state index in [1.807, 2.05) is 12.1 Å². The first-order chi connectivity index (χ1) is 8.84. The predicted octanol–water partition coefficient (Wildman–Crippen LogP) is 2.27. The number of rotatable bonds is 3. The molecule has 1 fully saturated rings. The van der Waals surface area contributed by atoms with Gasteiger partial charge in [0.15, 0.2) is 0 Å². The standard InChI is InChI=1S/C14H17NO2S/c16-13(9-15-5-7-17-8-6-15)12-10-18-14-4-2-1-3-11(12)14/h1-4,10,13,16H,5-9H2/t13-/m0/s1. The van der Waals surface area contributed by atoms with Crippen LogP contribution in [0.4, 0.5) is 0 Å². The highest BCUT2D eigenvalue weighted by molar-refractivity contribution is 7.17. The van der Waals surface area contributed by atoms with Crippen LogP contribution in [-0.2, 0) is 4.74 Å². The molecule has 1 atom stereocenters. The Morgan fingerprint density at radius 2 is 2.06 bits per heavy atom. The molecule has 0 aliphatic carbocycles. The number of hydrogen-bond donors (Lipinski definition) is 1. The number of fused-ring (bicyclic) bond motifs is 1. The quantitative estimate of drug-likeness (QED) is 0.922. The summed E-state index contributed by atoms with van der Waals surface area (Å²) in [5, 5.41) is 13.6. The highest BCUT2D eigenvalue weighted by Gasteiger charge is 2.18. The van der Waals surface area contributed by atoms with E-state index in [0.29, 0.717) is 6.54 Å². The molecular formula is C14H17NO2S. The fourth-order valence-electron chi connectivity index (χ4n) is 2.38. The third kappa shape index (κ3) is 2.42. The molecule has 2 aromatic rings. The summed E-state index contributed by atoms with van der Waals surface area (Å²) in [6, 6.07) is 8.26. The van der Waals surface area contributed by atoms with Crippen molar-refractivity contribution in [2.45, 2.75) is 6.10 Å². The summed E-state index contributed by atoms with van der Waals surface area (Å²) in [5.74, 6) is 0. The van der Waals surface area contributed by atoms with E-state index in [2.05, 4.69) is 22.4 Å². The third-order valence-corrected chi connectivity index (χ3v) is 4.39. The van der Waals surface area contributed by atoms with Gasteiger partial charge >= 0.3 is 0 Å². The van der Waals surface area contributed by atoms with Crippen molar-refractivity contribution in [2.24, 2.45) is 0 Å². The average molecular weight is 263 g/mol. The van der Waals surface area contributed by atoms with E-state index in [0.717, 1.165) is 31.9 Å². The summed E-state index contributed by atoms with van der Waals surface area (Å²) in [6.07, 6.45) is -0.403. The number of nitrogens with zero attached hydrogens (tertiary/aromatic N) is 1. The maximum atomic E-state index is 10.4. The average Bonchev–Trinajstić information content (AvgIpc) is 2.84. The third-order valence-electron chi connectivity index (χ3n) is 3.40. The maximum absolute atomic E-state index is 10.4. The largest absolute Gasteiger partial charge is 0.387 e. The van der Waals surface area contributed by atoms with Crippen molar-refractivity contribution in [2.75, 3.05) is 32.8 Å². The van der Waals surface area contributed by atoms with Crippen molar-refractivity contribution in [1.82, 2.24) is 4.90 Å². The second-order valence-corrected chi connectivity index (χ2v) is 5.53. The van der Waals surface area contributed by atoms with E-state index in [1.165, 1.54) is 10.1 Å². The minimum atomic E-state index is -0.403. The van der Waals surface area contributed by atoms with Crippen LogP contribution in [0.15, 0.2) is 29.6 Å². The lowest BCUT2D eigenvalue weighted by molar-refractivity contribution is 0.0146. The molecule has 0 spiro atoms. The van der Waals surface area contributed by atoms with Gasteiger partial charge in [-0.1, -0.05) is 18.2 Å². The topological polar surface area (TPSA) is 32.7 Å². The van der Waals surface area contributed by atoms with Crippen molar-refractivity contribution >= 4 is 21.4 Å². The molecule has 3 rings (SSSR count).